The van der Waals surface area contributed by atoms with Crippen LogP contribution in [-0.4, -0.2) is 68.7 Å². The van der Waals surface area contributed by atoms with E-state index >= 15 is 0 Å². The fourth-order valence-corrected chi connectivity index (χ4v) is 6.50. The molecule has 0 bridgehead atoms. The Morgan fingerprint density at radius 1 is 1.24 bits per heavy atom. The highest BCUT2D eigenvalue weighted by Gasteiger charge is 2.39. The predicted octanol–water partition coefficient (Wildman–Crippen LogP) is 2.10. The quantitative estimate of drug-likeness (QED) is 0.345. The van der Waals surface area contributed by atoms with Crippen LogP contribution in [0.15, 0.2) is 34.1 Å². The van der Waals surface area contributed by atoms with Crippen LogP contribution in [0.2, 0.25) is 0 Å². The van der Waals surface area contributed by atoms with E-state index in [4.69, 9.17) is 21.9 Å². The lowest BCUT2D eigenvalue weighted by molar-refractivity contribution is -0.143. The van der Waals surface area contributed by atoms with Gasteiger partial charge in [-0.2, -0.15) is 0 Å². The lowest BCUT2D eigenvalue weighted by Crippen LogP contribution is -2.57. The van der Waals surface area contributed by atoms with Crippen LogP contribution in [0.4, 0.5) is 5.82 Å². The predicted molar refractivity (Wildman–Crippen MR) is 144 cm³/mol. The number of thioether (sulfide) groups is 1. The first-order valence-electron chi connectivity index (χ1n) is 12.3. The topological polar surface area (TPSA) is 113 Å². The third-order valence-electron chi connectivity index (χ3n) is 6.98. The molecule has 5 rings (SSSR count). The number of rotatable bonds is 5. The molecule has 1 atom stereocenters. The van der Waals surface area contributed by atoms with Gasteiger partial charge in [0.2, 0.25) is 5.91 Å². The van der Waals surface area contributed by atoms with Gasteiger partial charge >= 0.3 is 5.97 Å². The number of esters is 1. The zero-order chi connectivity index (χ0) is 26.1. The number of carbonyl (C=O) groups is 3. The number of nitrogens with one attached hydrogen (secondary N) is 1. The lowest BCUT2D eigenvalue weighted by atomic mass is 9.94. The highest BCUT2D eigenvalue weighted by molar-refractivity contribution is 8.26. The van der Waals surface area contributed by atoms with E-state index in [1.165, 1.54) is 29.3 Å². The van der Waals surface area contributed by atoms with Crippen molar-refractivity contribution in [2.75, 3.05) is 25.1 Å². The molecule has 3 fully saturated rings. The molecule has 2 aromatic rings. The SMILES string of the molecule is COC(=O)C[C@@H]1C(=O)NCCN1c1nc2ccccn2c(=O)c1/C=C1\SC(=S)N(C2CCCCC2)C1=O. The van der Waals surface area contributed by atoms with Crippen molar-refractivity contribution in [3.8, 4) is 0 Å². The van der Waals surface area contributed by atoms with E-state index < -0.39 is 12.0 Å². The molecule has 2 aliphatic heterocycles. The molecule has 2 aromatic heterocycles. The number of methoxy groups -OCH3 is 1. The van der Waals surface area contributed by atoms with Gasteiger partial charge in [0.25, 0.3) is 11.5 Å². The van der Waals surface area contributed by atoms with E-state index in [0.717, 1.165) is 32.1 Å². The van der Waals surface area contributed by atoms with Crippen LogP contribution in [0.5, 0.6) is 0 Å². The smallest absolute Gasteiger partial charge is 0.308 e. The van der Waals surface area contributed by atoms with E-state index in [0.29, 0.717) is 28.0 Å². The summed E-state index contributed by atoms with van der Waals surface area (Å²) in [5, 5.41) is 2.76. The molecule has 0 radical (unpaired) electrons. The molecule has 0 unspecified atom stereocenters. The van der Waals surface area contributed by atoms with E-state index in [9.17, 15) is 19.2 Å². The molecule has 1 aliphatic carbocycles. The van der Waals surface area contributed by atoms with Gasteiger partial charge in [0, 0.05) is 25.3 Å². The van der Waals surface area contributed by atoms with Crippen LogP contribution >= 0.6 is 24.0 Å². The Labute approximate surface area is 223 Å². The van der Waals surface area contributed by atoms with Gasteiger partial charge < -0.3 is 15.0 Å². The van der Waals surface area contributed by atoms with Gasteiger partial charge in [-0.3, -0.25) is 28.5 Å². The fraction of sp³-hybridized carbons (Fsp3) is 0.440. The summed E-state index contributed by atoms with van der Waals surface area (Å²) in [6.45, 7) is 0.641. The number of ether oxygens (including phenoxy) is 1. The van der Waals surface area contributed by atoms with Crippen LogP contribution in [-0.2, 0) is 19.1 Å². The summed E-state index contributed by atoms with van der Waals surface area (Å²) in [7, 11) is 1.26. The summed E-state index contributed by atoms with van der Waals surface area (Å²) in [4.78, 5) is 60.5. The Bertz CT molecular complexity index is 1370. The first kappa shape index (κ1) is 25.4. The second kappa shape index (κ2) is 10.6. The third-order valence-corrected chi connectivity index (χ3v) is 8.31. The fourth-order valence-electron chi connectivity index (χ4n) is 5.11. The van der Waals surface area contributed by atoms with Gasteiger partial charge in [-0.15, -0.1) is 0 Å². The summed E-state index contributed by atoms with van der Waals surface area (Å²) < 4.78 is 6.69. The Morgan fingerprint density at radius 2 is 2.03 bits per heavy atom. The summed E-state index contributed by atoms with van der Waals surface area (Å²) in [6, 6.07) is 4.32. The van der Waals surface area contributed by atoms with Crippen molar-refractivity contribution < 1.29 is 19.1 Å². The van der Waals surface area contributed by atoms with Crippen molar-refractivity contribution in [2.45, 2.75) is 50.6 Å². The normalized spacial score (nSPS) is 22.1. The molecule has 4 heterocycles. The van der Waals surface area contributed by atoms with Gasteiger partial charge in [0.15, 0.2) is 0 Å². The van der Waals surface area contributed by atoms with E-state index in [2.05, 4.69) is 5.32 Å². The number of piperazine rings is 1. The molecule has 12 heteroatoms. The van der Waals surface area contributed by atoms with Crippen LogP contribution in [0.3, 0.4) is 0 Å². The number of thiocarbonyl (C=S) groups is 1. The number of amides is 2. The van der Waals surface area contributed by atoms with Crippen molar-refractivity contribution in [1.29, 1.82) is 0 Å². The number of hydrogen-bond acceptors (Lipinski definition) is 9. The number of aromatic nitrogens is 2. The second-order valence-electron chi connectivity index (χ2n) is 9.21. The largest absolute Gasteiger partial charge is 0.469 e. The molecular formula is C25H27N5O5S2. The third kappa shape index (κ3) is 4.87. The van der Waals surface area contributed by atoms with Crippen molar-refractivity contribution >= 4 is 63.6 Å². The Hall–Kier alpha value is -3.25. The summed E-state index contributed by atoms with van der Waals surface area (Å²) in [5.41, 5.74) is 0.168. The number of anilines is 1. The first-order valence-corrected chi connectivity index (χ1v) is 13.5. The number of nitrogens with zero attached hydrogens (tertiary/aromatic N) is 4. The molecule has 2 saturated heterocycles. The Morgan fingerprint density at radius 3 is 2.78 bits per heavy atom. The van der Waals surface area contributed by atoms with Crippen LogP contribution in [0.25, 0.3) is 11.7 Å². The maximum Gasteiger partial charge on any atom is 0.308 e. The minimum atomic E-state index is -0.914. The Kier molecular flexibility index (Phi) is 7.29. The first-order chi connectivity index (χ1) is 17.9. The highest BCUT2D eigenvalue weighted by atomic mass is 32.2. The molecule has 3 aliphatic rings. The number of fused-ring (bicyclic) bond motifs is 1. The van der Waals surface area contributed by atoms with Crippen LogP contribution in [0.1, 0.15) is 44.1 Å². The summed E-state index contributed by atoms with van der Waals surface area (Å²) >= 11 is 6.74. The average molecular weight is 542 g/mol. The van der Waals surface area contributed by atoms with Gasteiger partial charge in [-0.1, -0.05) is 49.3 Å². The molecular weight excluding hydrogens is 514 g/mol. The summed E-state index contributed by atoms with van der Waals surface area (Å²) in [5.74, 6) is -0.892. The molecule has 1 saturated carbocycles. The monoisotopic (exact) mass is 541 g/mol. The van der Waals surface area contributed by atoms with Gasteiger partial charge in [0.05, 0.1) is 24.0 Å². The van der Waals surface area contributed by atoms with E-state index in [1.54, 1.807) is 34.2 Å². The van der Waals surface area contributed by atoms with Crippen molar-refractivity contribution in [3.63, 3.8) is 0 Å². The maximum atomic E-state index is 13.7. The van der Waals surface area contributed by atoms with E-state index in [1.807, 2.05) is 0 Å². The maximum absolute atomic E-state index is 13.7. The molecule has 0 aromatic carbocycles. The molecule has 2 amide bonds. The molecule has 1 N–H and O–H groups in total. The highest BCUT2D eigenvalue weighted by Crippen LogP contribution is 2.38. The lowest BCUT2D eigenvalue weighted by Gasteiger charge is -2.36. The molecule has 10 nitrogen and oxygen atoms in total. The molecule has 194 valence electrons. The number of pyridine rings is 1. The van der Waals surface area contributed by atoms with Gasteiger partial charge in [-0.05, 0) is 31.1 Å². The van der Waals surface area contributed by atoms with E-state index in [-0.39, 0.29) is 41.2 Å². The number of hydrogen-bond donors (Lipinski definition) is 1. The molecule has 0 spiro atoms. The minimum absolute atomic E-state index is 0.0673. The van der Waals surface area contributed by atoms with Gasteiger partial charge in [0.1, 0.15) is 21.8 Å². The van der Waals surface area contributed by atoms with Crippen molar-refractivity contribution in [1.82, 2.24) is 19.6 Å². The average Bonchev–Trinajstić information content (AvgIpc) is 3.19. The van der Waals surface area contributed by atoms with Crippen LogP contribution < -0.4 is 15.8 Å². The standard InChI is InChI=1S/C25H27N5O5S2/c1-35-20(31)14-17-22(32)26-10-12-28(17)21-16(23(33)29-11-6-5-9-19(29)27-21)13-18-24(34)30(25(36)37-18)15-7-3-2-4-8-15/h5-6,9,11,13,15,17H,2-4,7-8,10,12,14H2,1H3,(H,26,32)/b18-13-/t17-/m1/s1. The van der Waals surface area contributed by atoms with Crippen molar-refractivity contribution in [2.24, 2.45) is 0 Å². The van der Waals surface area contributed by atoms with Gasteiger partial charge in [-0.25, -0.2) is 4.98 Å². The van der Waals surface area contributed by atoms with Crippen molar-refractivity contribution in [3.05, 3.63) is 45.2 Å². The zero-order valence-electron chi connectivity index (χ0n) is 20.3. The number of carbonyl (C=O) groups excluding carboxylic acids is 3. The molecule has 37 heavy (non-hydrogen) atoms. The second-order valence-corrected chi connectivity index (χ2v) is 10.9. The summed E-state index contributed by atoms with van der Waals surface area (Å²) in [6.07, 6.45) is 8.01. The zero-order valence-corrected chi connectivity index (χ0v) is 22.0. The Balaban J connectivity index is 1.61. The minimum Gasteiger partial charge on any atom is -0.469 e. The van der Waals surface area contributed by atoms with Crippen LogP contribution in [0, 0.1) is 0 Å².